The molecule has 1 unspecified atom stereocenters. The van der Waals surface area contributed by atoms with Crippen LogP contribution in [-0.4, -0.2) is 13.2 Å². The van der Waals surface area contributed by atoms with Gasteiger partial charge in [-0.3, -0.25) is 0 Å². The normalized spacial score (nSPS) is 12.4. The zero-order valence-corrected chi connectivity index (χ0v) is 13.1. The van der Waals surface area contributed by atoms with Crippen LogP contribution in [0.25, 0.3) is 0 Å². The van der Waals surface area contributed by atoms with E-state index in [1.165, 1.54) is 32.1 Å². The topological polar surface area (TPSA) is 21.3 Å². The summed E-state index contributed by atoms with van der Waals surface area (Å²) in [5.74, 6) is 0.898. The summed E-state index contributed by atoms with van der Waals surface area (Å²) in [5.41, 5.74) is 1.12. The minimum atomic E-state index is 0.528. The Morgan fingerprint density at radius 1 is 1.26 bits per heavy atom. The van der Waals surface area contributed by atoms with Gasteiger partial charge in [-0.15, -0.1) is 0 Å². The smallest absolute Gasteiger partial charge is 0.123 e. The Hall–Kier alpha value is -0.730. The number of benzene rings is 1. The van der Waals surface area contributed by atoms with Crippen LogP contribution in [0.4, 0.5) is 0 Å². The minimum Gasteiger partial charge on any atom is -0.496 e. The zero-order chi connectivity index (χ0) is 14.1. The van der Waals surface area contributed by atoms with Gasteiger partial charge in [0.05, 0.1) is 7.11 Å². The van der Waals surface area contributed by atoms with Crippen molar-refractivity contribution in [1.29, 1.82) is 0 Å². The second kappa shape index (κ2) is 9.22. The van der Waals surface area contributed by atoms with E-state index in [1.54, 1.807) is 7.11 Å². The van der Waals surface area contributed by atoms with Crippen molar-refractivity contribution >= 4 is 11.6 Å². The average molecular weight is 284 g/mol. The molecule has 0 aliphatic rings. The molecule has 1 aromatic carbocycles. The Bertz CT molecular complexity index is 368. The molecule has 108 valence electrons. The van der Waals surface area contributed by atoms with Crippen molar-refractivity contribution in [3.63, 3.8) is 0 Å². The summed E-state index contributed by atoms with van der Waals surface area (Å²) in [6, 6.07) is 6.28. The molecule has 0 saturated carbocycles. The van der Waals surface area contributed by atoms with Crippen LogP contribution in [-0.2, 0) is 6.54 Å². The maximum atomic E-state index is 6.02. The Morgan fingerprint density at radius 3 is 2.74 bits per heavy atom. The van der Waals surface area contributed by atoms with Gasteiger partial charge in [-0.2, -0.15) is 0 Å². The Labute approximate surface area is 122 Å². The molecule has 19 heavy (non-hydrogen) atoms. The molecule has 0 radical (unpaired) electrons. The molecule has 0 aromatic heterocycles. The van der Waals surface area contributed by atoms with Crippen molar-refractivity contribution in [3.8, 4) is 5.75 Å². The van der Waals surface area contributed by atoms with Gasteiger partial charge < -0.3 is 10.1 Å². The van der Waals surface area contributed by atoms with Gasteiger partial charge in [-0.05, 0) is 31.5 Å². The first kappa shape index (κ1) is 16.3. The first-order chi connectivity index (χ1) is 9.17. The van der Waals surface area contributed by atoms with Crippen LogP contribution in [0.3, 0.4) is 0 Å². The summed E-state index contributed by atoms with van der Waals surface area (Å²) >= 11 is 6.02. The van der Waals surface area contributed by atoms with Crippen LogP contribution in [0.2, 0.25) is 5.02 Å². The third-order valence-electron chi connectivity index (χ3n) is 3.37. The van der Waals surface area contributed by atoms with Crippen molar-refractivity contribution in [1.82, 2.24) is 5.32 Å². The first-order valence-electron chi connectivity index (χ1n) is 7.23. The molecule has 1 aromatic rings. The summed E-state index contributed by atoms with van der Waals surface area (Å²) in [4.78, 5) is 0. The fraction of sp³-hybridized carbons (Fsp3) is 0.625. The summed E-state index contributed by atoms with van der Waals surface area (Å²) in [7, 11) is 1.70. The summed E-state index contributed by atoms with van der Waals surface area (Å²) in [6.45, 7) is 5.29. The van der Waals surface area contributed by atoms with Crippen molar-refractivity contribution in [3.05, 3.63) is 28.8 Å². The number of rotatable bonds is 9. The molecular weight excluding hydrogens is 258 g/mol. The van der Waals surface area contributed by atoms with Crippen LogP contribution >= 0.6 is 11.6 Å². The van der Waals surface area contributed by atoms with E-state index >= 15 is 0 Å². The standard InChI is InChI=1S/C16H26ClNO/c1-4-5-6-7-8-13(2)18-12-14-11-15(17)9-10-16(14)19-3/h9-11,13,18H,4-8,12H2,1-3H3. The molecule has 0 aliphatic carbocycles. The summed E-state index contributed by atoms with van der Waals surface area (Å²) in [5, 5.41) is 4.30. The van der Waals surface area contributed by atoms with Gasteiger partial charge in [0.15, 0.2) is 0 Å². The minimum absolute atomic E-state index is 0.528. The van der Waals surface area contributed by atoms with E-state index in [0.29, 0.717) is 6.04 Å². The predicted octanol–water partition coefficient (Wildman–Crippen LogP) is 4.80. The molecule has 0 saturated heterocycles. The molecule has 0 spiro atoms. The van der Waals surface area contributed by atoms with Crippen molar-refractivity contribution in [2.24, 2.45) is 0 Å². The largest absolute Gasteiger partial charge is 0.496 e. The second-order valence-electron chi connectivity index (χ2n) is 5.09. The monoisotopic (exact) mass is 283 g/mol. The predicted molar refractivity (Wildman–Crippen MR) is 83.1 cm³/mol. The second-order valence-corrected chi connectivity index (χ2v) is 5.52. The Kier molecular flexibility index (Phi) is 7.92. The average Bonchev–Trinajstić information content (AvgIpc) is 2.41. The molecule has 0 aliphatic heterocycles. The van der Waals surface area contributed by atoms with Gasteiger partial charge in [-0.25, -0.2) is 0 Å². The highest BCUT2D eigenvalue weighted by atomic mass is 35.5. The van der Waals surface area contributed by atoms with Crippen molar-refractivity contribution < 1.29 is 4.74 Å². The number of methoxy groups -OCH3 is 1. The maximum absolute atomic E-state index is 6.02. The molecule has 2 nitrogen and oxygen atoms in total. The number of nitrogens with one attached hydrogen (secondary N) is 1. The van der Waals surface area contributed by atoms with E-state index < -0.39 is 0 Å². The molecule has 1 atom stereocenters. The fourth-order valence-electron chi connectivity index (χ4n) is 2.15. The number of unbranched alkanes of at least 4 members (excludes halogenated alkanes) is 3. The number of ether oxygens (including phenoxy) is 1. The highest BCUT2D eigenvalue weighted by Gasteiger charge is 2.06. The van der Waals surface area contributed by atoms with E-state index in [1.807, 2.05) is 18.2 Å². The van der Waals surface area contributed by atoms with Gasteiger partial charge in [0.1, 0.15) is 5.75 Å². The van der Waals surface area contributed by atoms with E-state index in [9.17, 15) is 0 Å². The SMILES string of the molecule is CCCCCCC(C)NCc1cc(Cl)ccc1OC. The number of hydrogen-bond acceptors (Lipinski definition) is 2. The lowest BCUT2D eigenvalue weighted by atomic mass is 10.1. The fourth-order valence-corrected chi connectivity index (χ4v) is 2.34. The van der Waals surface area contributed by atoms with Crippen LogP contribution < -0.4 is 10.1 Å². The first-order valence-corrected chi connectivity index (χ1v) is 7.61. The van der Waals surface area contributed by atoms with Crippen LogP contribution in [0.1, 0.15) is 51.5 Å². The van der Waals surface area contributed by atoms with Crippen LogP contribution in [0, 0.1) is 0 Å². The molecule has 1 N–H and O–H groups in total. The summed E-state index contributed by atoms with van der Waals surface area (Å²) in [6.07, 6.45) is 6.50. The quantitative estimate of drug-likeness (QED) is 0.658. The van der Waals surface area contributed by atoms with E-state index in [2.05, 4.69) is 19.2 Å². The lowest BCUT2D eigenvalue weighted by Crippen LogP contribution is -2.25. The van der Waals surface area contributed by atoms with Crippen LogP contribution in [0.15, 0.2) is 18.2 Å². The van der Waals surface area contributed by atoms with Gasteiger partial charge in [-0.1, -0.05) is 44.2 Å². The molecule has 1 rings (SSSR count). The van der Waals surface area contributed by atoms with E-state index in [-0.39, 0.29) is 0 Å². The molecule has 0 heterocycles. The highest BCUT2D eigenvalue weighted by molar-refractivity contribution is 6.30. The molecule has 0 bridgehead atoms. The van der Waals surface area contributed by atoms with Crippen molar-refractivity contribution in [2.45, 2.75) is 58.5 Å². The van der Waals surface area contributed by atoms with Gasteiger partial charge in [0.25, 0.3) is 0 Å². The van der Waals surface area contributed by atoms with E-state index in [4.69, 9.17) is 16.3 Å². The number of halogens is 1. The van der Waals surface area contributed by atoms with Crippen LogP contribution in [0.5, 0.6) is 5.75 Å². The van der Waals surface area contributed by atoms with Gasteiger partial charge >= 0.3 is 0 Å². The molecule has 3 heteroatoms. The molecule has 0 fully saturated rings. The molecule has 0 amide bonds. The zero-order valence-electron chi connectivity index (χ0n) is 12.3. The van der Waals surface area contributed by atoms with Crippen molar-refractivity contribution in [2.75, 3.05) is 7.11 Å². The maximum Gasteiger partial charge on any atom is 0.123 e. The lowest BCUT2D eigenvalue weighted by molar-refractivity contribution is 0.404. The molecular formula is C16H26ClNO. The lowest BCUT2D eigenvalue weighted by Gasteiger charge is -2.15. The highest BCUT2D eigenvalue weighted by Crippen LogP contribution is 2.22. The Morgan fingerprint density at radius 2 is 2.05 bits per heavy atom. The van der Waals surface area contributed by atoms with Gasteiger partial charge in [0, 0.05) is 23.2 Å². The Balaban J connectivity index is 2.36. The van der Waals surface area contributed by atoms with E-state index in [0.717, 1.165) is 22.9 Å². The summed E-state index contributed by atoms with van der Waals surface area (Å²) < 4.78 is 5.35. The third kappa shape index (κ3) is 6.31. The third-order valence-corrected chi connectivity index (χ3v) is 3.61. The van der Waals surface area contributed by atoms with Gasteiger partial charge in [0.2, 0.25) is 0 Å². The number of hydrogen-bond donors (Lipinski definition) is 1.